The van der Waals surface area contributed by atoms with Crippen molar-refractivity contribution in [3.05, 3.63) is 0 Å². The largest absolute Gasteiger partial charge is 0.381 e. The van der Waals surface area contributed by atoms with E-state index in [1.54, 1.807) is 0 Å². The van der Waals surface area contributed by atoms with Gasteiger partial charge in [-0.1, -0.05) is 26.7 Å². The predicted octanol–water partition coefficient (Wildman–Crippen LogP) is 2.24. The van der Waals surface area contributed by atoms with E-state index in [-0.39, 0.29) is 0 Å². The van der Waals surface area contributed by atoms with Crippen LogP contribution in [0.15, 0.2) is 4.99 Å². The number of ether oxygens (including phenoxy) is 1. The molecule has 0 amide bonds. The van der Waals surface area contributed by atoms with Crippen LogP contribution >= 0.6 is 0 Å². The van der Waals surface area contributed by atoms with E-state index in [2.05, 4.69) is 23.7 Å². The summed E-state index contributed by atoms with van der Waals surface area (Å²) in [5.41, 5.74) is 6.02. The van der Waals surface area contributed by atoms with Crippen molar-refractivity contribution in [2.24, 2.45) is 16.6 Å². The Labute approximate surface area is 112 Å². The highest BCUT2D eigenvalue weighted by Gasteiger charge is 2.10. The molecule has 4 nitrogen and oxygen atoms in total. The molecule has 0 atom stereocenters. The Balaban J connectivity index is 2.12. The van der Waals surface area contributed by atoms with Gasteiger partial charge in [0.2, 0.25) is 0 Å². The average Bonchev–Trinajstić information content (AvgIpc) is 2.61. The highest BCUT2D eigenvalue weighted by atomic mass is 16.5. The molecule has 4 heteroatoms. The van der Waals surface area contributed by atoms with Crippen molar-refractivity contribution in [2.75, 3.05) is 32.8 Å². The van der Waals surface area contributed by atoms with Crippen LogP contribution in [0.25, 0.3) is 0 Å². The van der Waals surface area contributed by atoms with Crippen molar-refractivity contribution in [3.63, 3.8) is 0 Å². The lowest BCUT2D eigenvalue weighted by atomic mass is 10.2. The van der Waals surface area contributed by atoms with Crippen LogP contribution in [0.4, 0.5) is 0 Å². The first-order chi connectivity index (χ1) is 8.70. The SMILES string of the molecule is CC(C)COCCCN=C(N)N1CCCCCC1. The van der Waals surface area contributed by atoms with Crippen LogP contribution < -0.4 is 5.73 Å². The molecule has 0 aromatic carbocycles. The van der Waals surface area contributed by atoms with Crippen LogP contribution in [0, 0.1) is 5.92 Å². The van der Waals surface area contributed by atoms with E-state index in [4.69, 9.17) is 10.5 Å². The molecule has 0 unspecified atom stereocenters. The molecule has 0 aromatic rings. The first kappa shape index (κ1) is 15.3. The Morgan fingerprint density at radius 2 is 1.89 bits per heavy atom. The van der Waals surface area contributed by atoms with Crippen LogP contribution in [0.2, 0.25) is 0 Å². The van der Waals surface area contributed by atoms with Gasteiger partial charge in [-0.3, -0.25) is 4.99 Å². The summed E-state index contributed by atoms with van der Waals surface area (Å²) in [4.78, 5) is 6.67. The highest BCUT2D eigenvalue weighted by Crippen LogP contribution is 2.09. The monoisotopic (exact) mass is 255 g/mol. The molecule has 0 radical (unpaired) electrons. The molecule has 0 spiro atoms. The quantitative estimate of drug-likeness (QED) is 0.450. The summed E-state index contributed by atoms with van der Waals surface area (Å²) in [7, 11) is 0. The normalized spacial score (nSPS) is 18.2. The van der Waals surface area contributed by atoms with Gasteiger partial charge in [-0.2, -0.15) is 0 Å². The minimum absolute atomic E-state index is 0.607. The van der Waals surface area contributed by atoms with Gasteiger partial charge in [0.15, 0.2) is 5.96 Å². The van der Waals surface area contributed by atoms with Crippen molar-refractivity contribution >= 4 is 5.96 Å². The van der Waals surface area contributed by atoms with Crippen molar-refractivity contribution in [1.82, 2.24) is 4.90 Å². The molecular formula is C14H29N3O. The predicted molar refractivity (Wildman–Crippen MR) is 76.8 cm³/mol. The van der Waals surface area contributed by atoms with E-state index in [0.29, 0.717) is 5.92 Å². The number of aliphatic imine (C=N–C) groups is 1. The van der Waals surface area contributed by atoms with Gasteiger partial charge in [-0.15, -0.1) is 0 Å². The first-order valence-electron chi connectivity index (χ1n) is 7.32. The van der Waals surface area contributed by atoms with E-state index in [9.17, 15) is 0 Å². The van der Waals surface area contributed by atoms with Crippen molar-refractivity contribution in [1.29, 1.82) is 0 Å². The van der Waals surface area contributed by atoms with Crippen LogP contribution in [0.5, 0.6) is 0 Å². The number of guanidine groups is 1. The third kappa shape index (κ3) is 6.84. The molecule has 1 aliphatic rings. The fourth-order valence-corrected chi connectivity index (χ4v) is 2.08. The van der Waals surface area contributed by atoms with Gasteiger partial charge in [0.05, 0.1) is 0 Å². The summed E-state index contributed by atoms with van der Waals surface area (Å²) in [6.07, 6.45) is 6.10. The third-order valence-electron chi connectivity index (χ3n) is 3.10. The van der Waals surface area contributed by atoms with E-state index in [1.807, 2.05) is 0 Å². The number of nitrogens with two attached hydrogens (primary N) is 1. The summed E-state index contributed by atoms with van der Waals surface area (Å²) in [6.45, 7) is 8.87. The Kier molecular flexibility index (Phi) is 7.81. The summed E-state index contributed by atoms with van der Waals surface area (Å²) in [5.74, 6) is 1.33. The number of nitrogens with zero attached hydrogens (tertiary/aromatic N) is 2. The number of likely N-dealkylation sites (tertiary alicyclic amines) is 1. The van der Waals surface area contributed by atoms with E-state index < -0.39 is 0 Å². The molecule has 2 N–H and O–H groups in total. The van der Waals surface area contributed by atoms with Gasteiger partial charge in [0.25, 0.3) is 0 Å². The highest BCUT2D eigenvalue weighted by molar-refractivity contribution is 5.78. The maximum Gasteiger partial charge on any atom is 0.191 e. The molecule has 1 fully saturated rings. The molecule has 0 aliphatic carbocycles. The van der Waals surface area contributed by atoms with Gasteiger partial charge in [-0.25, -0.2) is 0 Å². The lowest BCUT2D eigenvalue weighted by Gasteiger charge is -2.21. The number of hydrogen-bond donors (Lipinski definition) is 1. The van der Waals surface area contributed by atoms with Crippen molar-refractivity contribution in [2.45, 2.75) is 46.0 Å². The van der Waals surface area contributed by atoms with Gasteiger partial charge in [0, 0.05) is 32.8 Å². The van der Waals surface area contributed by atoms with Gasteiger partial charge < -0.3 is 15.4 Å². The van der Waals surface area contributed by atoms with Crippen LogP contribution in [0.1, 0.15) is 46.0 Å². The zero-order valence-corrected chi connectivity index (χ0v) is 12.0. The van der Waals surface area contributed by atoms with Crippen LogP contribution in [0.3, 0.4) is 0 Å². The maximum absolute atomic E-state index is 6.02. The average molecular weight is 255 g/mol. The van der Waals surface area contributed by atoms with Gasteiger partial charge in [0.1, 0.15) is 0 Å². The van der Waals surface area contributed by atoms with E-state index in [1.165, 1.54) is 25.7 Å². The lowest BCUT2D eigenvalue weighted by Crippen LogP contribution is -2.38. The van der Waals surface area contributed by atoms with Gasteiger partial charge >= 0.3 is 0 Å². The van der Waals surface area contributed by atoms with Crippen LogP contribution in [-0.2, 0) is 4.74 Å². The lowest BCUT2D eigenvalue weighted by molar-refractivity contribution is 0.109. The zero-order chi connectivity index (χ0) is 13.2. The molecule has 1 heterocycles. The maximum atomic E-state index is 6.02. The summed E-state index contributed by atoms with van der Waals surface area (Å²) >= 11 is 0. The molecule has 1 aliphatic heterocycles. The molecule has 0 saturated carbocycles. The van der Waals surface area contributed by atoms with E-state index in [0.717, 1.165) is 45.2 Å². The summed E-state index contributed by atoms with van der Waals surface area (Å²) < 4.78 is 5.52. The second-order valence-corrected chi connectivity index (χ2v) is 5.46. The standard InChI is InChI=1S/C14H29N3O/c1-13(2)12-18-11-7-8-16-14(15)17-9-5-3-4-6-10-17/h13H,3-12H2,1-2H3,(H2,15,16). The number of hydrogen-bond acceptors (Lipinski definition) is 2. The van der Waals surface area contributed by atoms with Crippen LogP contribution in [-0.4, -0.2) is 43.7 Å². The van der Waals surface area contributed by atoms with Crippen molar-refractivity contribution < 1.29 is 4.74 Å². The minimum atomic E-state index is 0.607. The molecule has 1 saturated heterocycles. The molecular weight excluding hydrogens is 226 g/mol. The molecule has 0 bridgehead atoms. The molecule has 1 rings (SSSR count). The Bertz CT molecular complexity index is 233. The summed E-state index contributed by atoms with van der Waals surface area (Å²) in [6, 6.07) is 0. The van der Waals surface area contributed by atoms with E-state index >= 15 is 0 Å². The summed E-state index contributed by atoms with van der Waals surface area (Å²) in [5, 5.41) is 0. The molecule has 18 heavy (non-hydrogen) atoms. The van der Waals surface area contributed by atoms with Crippen molar-refractivity contribution in [3.8, 4) is 0 Å². The first-order valence-corrected chi connectivity index (χ1v) is 7.32. The second kappa shape index (κ2) is 9.20. The minimum Gasteiger partial charge on any atom is -0.381 e. The molecule has 106 valence electrons. The second-order valence-electron chi connectivity index (χ2n) is 5.46. The smallest absolute Gasteiger partial charge is 0.191 e. The van der Waals surface area contributed by atoms with Gasteiger partial charge in [-0.05, 0) is 25.2 Å². The Morgan fingerprint density at radius 1 is 1.22 bits per heavy atom. The number of rotatable bonds is 6. The fraction of sp³-hybridized carbons (Fsp3) is 0.929. The fourth-order valence-electron chi connectivity index (χ4n) is 2.08. The Morgan fingerprint density at radius 3 is 2.50 bits per heavy atom. The Hall–Kier alpha value is -0.770. The topological polar surface area (TPSA) is 50.9 Å². The zero-order valence-electron chi connectivity index (χ0n) is 12.0. The third-order valence-corrected chi connectivity index (χ3v) is 3.10. The molecule has 0 aromatic heterocycles.